The standard InChI is InChI=1S/C25H28F3N3O6S/c1-36-22-11-15(12-23(32)30-38(2,34)35)3-10-21(22)37-20-13-18-8-9-19(14-20)31(18)24(33)29-17-6-4-16(5-7-17)25(26,27)28/h3-7,10-11,18-20H,8-9,12-14H2,1-2H3,(H,29,33)(H,30,32). The van der Waals surface area contributed by atoms with Gasteiger partial charge >= 0.3 is 12.2 Å². The number of halogens is 3. The zero-order valence-corrected chi connectivity index (χ0v) is 21.6. The molecule has 2 heterocycles. The summed E-state index contributed by atoms with van der Waals surface area (Å²) in [7, 11) is -2.20. The van der Waals surface area contributed by atoms with Crippen molar-refractivity contribution in [2.24, 2.45) is 0 Å². The number of anilines is 1. The summed E-state index contributed by atoms with van der Waals surface area (Å²) in [6, 6.07) is 8.73. The Morgan fingerprint density at radius 1 is 1.03 bits per heavy atom. The second-order valence-corrected chi connectivity index (χ2v) is 11.2. The Balaban J connectivity index is 1.37. The fraction of sp³-hybridized carbons (Fsp3) is 0.440. The number of urea groups is 1. The number of benzene rings is 2. The number of methoxy groups -OCH3 is 1. The van der Waals surface area contributed by atoms with E-state index in [-0.39, 0.29) is 36.3 Å². The third kappa shape index (κ3) is 6.69. The molecule has 2 bridgehead atoms. The number of carbonyl (C=O) groups is 2. The molecule has 3 amide bonds. The molecular weight excluding hydrogens is 527 g/mol. The summed E-state index contributed by atoms with van der Waals surface area (Å²) >= 11 is 0. The topological polar surface area (TPSA) is 114 Å². The lowest BCUT2D eigenvalue weighted by Crippen LogP contribution is -2.50. The second kappa shape index (κ2) is 10.7. The first-order chi connectivity index (χ1) is 17.8. The van der Waals surface area contributed by atoms with Crippen LogP contribution in [0.5, 0.6) is 11.5 Å². The van der Waals surface area contributed by atoms with Gasteiger partial charge in [0.15, 0.2) is 11.5 Å². The number of hydrogen-bond donors (Lipinski definition) is 2. The molecule has 2 N–H and O–H groups in total. The van der Waals surface area contributed by atoms with Crippen LogP contribution in [0.3, 0.4) is 0 Å². The summed E-state index contributed by atoms with van der Waals surface area (Å²) in [4.78, 5) is 26.6. The number of rotatable bonds is 7. The van der Waals surface area contributed by atoms with Crippen LogP contribution in [-0.4, -0.2) is 56.8 Å². The lowest BCUT2D eigenvalue weighted by Gasteiger charge is -2.39. The number of nitrogens with zero attached hydrogens (tertiary/aromatic N) is 1. The van der Waals surface area contributed by atoms with Crippen molar-refractivity contribution in [3.8, 4) is 11.5 Å². The summed E-state index contributed by atoms with van der Waals surface area (Å²) in [5.41, 5.74) is 0.0511. The molecule has 2 fully saturated rings. The van der Waals surface area contributed by atoms with Crippen molar-refractivity contribution in [2.75, 3.05) is 18.7 Å². The highest BCUT2D eigenvalue weighted by molar-refractivity contribution is 7.89. The Morgan fingerprint density at radius 2 is 1.66 bits per heavy atom. The van der Waals surface area contributed by atoms with E-state index in [1.807, 2.05) is 4.72 Å². The van der Waals surface area contributed by atoms with E-state index in [9.17, 15) is 31.2 Å². The van der Waals surface area contributed by atoms with Gasteiger partial charge in [-0.25, -0.2) is 13.2 Å². The normalized spacial score (nSPS) is 21.1. The largest absolute Gasteiger partial charge is 0.493 e. The van der Waals surface area contributed by atoms with E-state index in [1.54, 1.807) is 23.1 Å². The molecule has 2 saturated heterocycles. The molecule has 2 aliphatic heterocycles. The summed E-state index contributed by atoms with van der Waals surface area (Å²) in [6.07, 6.45) is -1.18. The van der Waals surface area contributed by atoms with Gasteiger partial charge in [-0.15, -0.1) is 0 Å². The van der Waals surface area contributed by atoms with Gasteiger partial charge in [-0.05, 0) is 54.8 Å². The Labute approximate surface area is 218 Å². The van der Waals surface area contributed by atoms with Crippen LogP contribution in [0.1, 0.15) is 36.8 Å². The number of nitrogens with one attached hydrogen (secondary N) is 2. The predicted molar refractivity (Wildman–Crippen MR) is 132 cm³/mol. The third-order valence-electron chi connectivity index (χ3n) is 6.57. The lowest BCUT2D eigenvalue weighted by molar-refractivity contribution is -0.137. The van der Waals surface area contributed by atoms with Crippen LogP contribution >= 0.6 is 0 Å². The Bertz CT molecular complexity index is 1290. The maximum absolute atomic E-state index is 12.9. The van der Waals surface area contributed by atoms with E-state index < -0.39 is 27.7 Å². The highest BCUT2D eigenvalue weighted by Gasteiger charge is 2.44. The van der Waals surface area contributed by atoms with Crippen molar-refractivity contribution >= 4 is 27.6 Å². The fourth-order valence-corrected chi connectivity index (χ4v) is 5.50. The molecular formula is C25H28F3N3O6S. The fourth-order valence-electron chi connectivity index (χ4n) is 5.01. The van der Waals surface area contributed by atoms with Crippen molar-refractivity contribution in [3.05, 3.63) is 53.6 Å². The maximum Gasteiger partial charge on any atom is 0.416 e. The monoisotopic (exact) mass is 555 g/mol. The first-order valence-corrected chi connectivity index (χ1v) is 13.8. The van der Waals surface area contributed by atoms with Crippen molar-refractivity contribution in [1.29, 1.82) is 0 Å². The number of hydrogen-bond acceptors (Lipinski definition) is 6. The van der Waals surface area contributed by atoms with Crippen LogP contribution in [0.4, 0.5) is 23.7 Å². The van der Waals surface area contributed by atoms with Gasteiger partial charge in [0.05, 0.1) is 25.3 Å². The van der Waals surface area contributed by atoms with E-state index in [0.29, 0.717) is 29.9 Å². The third-order valence-corrected chi connectivity index (χ3v) is 7.17. The van der Waals surface area contributed by atoms with Crippen LogP contribution in [0.2, 0.25) is 0 Å². The number of carbonyl (C=O) groups excluding carboxylic acids is 2. The van der Waals surface area contributed by atoms with Crippen LogP contribution in [-0.2, 0) is 27.4 Å². The van der Waals surface area contributed by atoms with Gasteiger partial charge < -0.3 is 19.7 Å². The number of fused-ring (bicyclic) bond motifs is 2. The molecule has 9 nitrogen and oxygen atoms in total. The minimum Gasteiger partial charge on any atom is -0.493 e. The molecule has 2 aromatic carbocycles. The molecule has 4 rings (SSSR count). The van der Waals surface area contributed by atoms with E-state index in [4.69, 9.17) is 9.47 Å². The maximum atomic E-state index is 12.9. The minimum atomic E-state index is -4.45. The Kier molecular flexibility index (Phi) is 7.77. The number of ether oxygens (including phenoxy) is 2. The number of piperidine rings is 1. The highest BCUT2D eigenvalue weighted by atomic mass is 32.2. The molecule has 0 saturated carbocycles. The molecule has 2 aromatic rings. The second-order valence-electron chi connectivity index (χ2n) is 9.47. The quantitative estimate of drug-likeness (QED) is 0.535. The van der Waals surface area contributed by atoms with Gasteiger partial charge in [0.1, 0.15) is 6.10 Å². The van der Waals surface area contributed by atoms with Gasteiger partial charge in [-0.1, -0.05) is 6.07 Å². The molecule has 206 valence electrons. The average Bonchev–Trinajstić information content (AvgIpc) is 3.09. The Hall–Kier alpha value is -3.48. The van der Waals surface area contributed by atoms with Crippen LogP contribution < -0.4 is 19.5 Å². The van der Waals surface area contributed by atoms with Gasteiger partial charge in [-0.3, -0.25) is 9.52 Å². The van der Waals surface area contributed by atoms with E-state index in [2.05, 4.69) is 5.32 Å². The smallest absolute Gasteiger partial charge is 0.416 e. The number of alkyl halides is 3. The molecule has 13 heteroatoms. The molecule has 2 unspecified atom stereocenters. The highest BCUT2D eigenvalue weighted by Crippen LogP contribution is 2.39. The zero-order chi connectivity index (χ0) is 27.7. The van der Waals surface area contributed by atoms with Crippen molar-refractivity contribution in [1.82, 2.24) is 9.62 Å². The summed E-state index contributed by atoms with van der Waals surface area (Å²) in [5.74, 6) is 0.193. The average molecular weight is 556 g/mol. The van der Waals surface area contributed by atoms with E-state index in [1.165, 1.54) is 19.2 Å². The van der Waals surface area contributed by atoms with Crippen molar-refractivity contribution < 1.29 is 40.7 Å². The molecule has 0 aliphatic carbocycles. The van der Waals surface area contributed by atoms with Gasteiger partial charge in [0.25, 0.3) is 0 Å². The summed E-state index contributed by atoms with van der Waals surface area (Å²) < 4.78 is 74.4. The molecule has 38 heavy (non-hydrogen) atoms. The van der Waals surface area contributed by atoms with E-state index >= 15 is 0 Å². The first-order valence-electron chi connectivity index (χ1n) is 11.9. The first kappa shape index (κ1) is 27.6. The molecule has 0 radical (unpaired) electrons. The number of amides is 3. The van der Waals surface area contributed by atoms with Crippen molar-refractivity contribution in [2.45, 2.75) is 56.5 Å². The summed E-state index contributed by atoms with van der Waals surface area (Å²) in [6.45, 7) is 0. The number of sulfonamides is 1. The SMILES string of the molecule is COc1cc(CC(=O)NS(C)(=O)=O)ccc1OC1CC2CCC(C1)N2C(=O)Nc1ccc(C(F)(F)F)cc1. The van der Waals surface area contributed by atoms with Crippen LogP contribution in [0.25, 0.3) is 0 Å². The van der Waals surface area contributed by atoms with Gasteiger partial charge in [0, 0.05) is 30.6 Å². The lowest BCUT2D eigenvalue weighted by atomic mass is 10.00. The van der Waals surface area contributed by atoms with Gasteiger partial charge in [0.2, 0.25) is 15.9 Å². The van der Waals surface area contributed by atoms with E-state index in [0.717, 1.165) is 31.2 Å². The van der Waals surface area contributed by atoms with Crippen LogP contribution in [0, 0.1) is 0 Å². The van der Waals surface area contributed by atoms with Crippen molar-refractivity contribution in [3.63, 3.8) is 0 Å². The van der Waals surface area contributed by atoms with Gasteiger partial charge in [-0.2, -0.15) is 13.2 Å². The van der Waals surface area contributed by atoms with Crippen LogP contribution in [0.15, 0.2) is 42.5 Å². The molecule has 2 atom stereocenters. The molecule has 0 spiro atoms. The predicted octanol–water partition coefficient (Wildman–Crippen LogP) is 3.94. The minimum absolute atomic E-state index is 0.0850. The summed E-state index contributed by atoms with van der Waals surface area (Å²) in [5, 5.41) is 2.70. The molecule has 0 aromatic heterocycles. The Morgan fingerprint density at radius 3 is 2.21 bits per heavy atom. The molecule has 2 aliphatic rings. The zero-order valence-electron chi connectivity index (χ0n) is 20.7.